The van der Waals surface area contributed by atoms with Crippen molar-refractivity contribution in [2.24, 2.45) is 5.92 Å². The van der Waals surface area contributed by atoms with Gasteiger partial charge in [0.25, 0.3) is 0 Å². The van der Waals surface area contributed by atoms with Crippen LogP contribution < -0.4 is 10.2 Å². The summed E-state index contributed by atoms with van der Waals surface area (Å²) >= 11 is 0. The monoisotopic (exact) mass is 646 g/mol. The van der Waals surface area contributed by atoms with Crippen LogP contribution in [0.3, 0.4) is 0 Å². The summed E-state index contributed by atoms with van der Waals surface area (Å²) in [7, 11) is 2.66. The predicted octanol–water partition coefficient (Wildman–Crippen LogP) is 7.05. The molecule has 0 aromatic heterocycles. The summed E-state index contributed by atoms with van der Waals surface area (Å²) in [6, 6.07) is 5.97. The molecular weight excluding hydrogens is 612 g/mol. The first-order valence-electron chi connectivity index (χ1n) is 13.2. The Labute approximate surface area is 253 Å². The highest BCUT2D eigenvalue weighted by Crippen LogP contribution is 2.39. The molecule has 2 saturated heterocycles. The van der Waals surface area contributed by atoms with Gasteiger partial charge in [0.05, 0.1) is 11.1 Å². The normalized spacial score (nSPS) is 20.3. The molecule has 0 bridgehead atoms. The van der Waals surface area contributed by atoms with Crippen molar-refractivity contribution in [2.45, 2.75) is 43.6 Å². The number of likely N-dealkylation sites (tertiary alicyclic amines) is 1. The molecule has 0 unspecified atom stereocenters. The third-order valence-corrected chi connectivity index (χ3v) is 7.98. The zero-order chi connectivity index (χ0) is 29.2. The summed E-state index contributed by atoms with van der Waals surface area (Å²) < 4.78 is 94.1. The van der Waals surface area contributed by atoms with Gasteiger partial charge in [-0.2, -0.15) is 26.3 Å². The lowest BCUT2D eigenvalue weighted by atomic mass is 9.84. The molecule has 0 saturated carbocycles. The number of carbonyl (C=O) groups excluding carboxylic acids is 1. The van der Waals surface area contributed by atoms with Gasteiger partial charge in [-0.1, -0.05) is 12.1 Å². The molecule has 42 heavy (non-hydrogen) atoms. The van der Waals surface area contributed by atoms with Crippen molar-refractivity contribution < 1.29 is 35.5 Å². The second kappa shape index (κ2) is 14.5. The summed E-state index contributed by atoms with van der Waals surface area (Å²) in [5.41, 5.74) is -2.69. The fraction of sp³-hybridized carbons (Fsp3) is 0.536. The van der Waals surface area contributed by atoms with Crippen LogP contribution in [-0.2, 0) is 12.4 Å². The number of halogens is 9. The van der Waals surface area contributed by atoms with Crippen LogP contribution in [0.2, 0.25) is 0 Å². The van der Waals surface area contributed by atoms with E-state index in [1.165, 1.54) is 24.1 Å². The van der Waals surface area contributed by atoms with Gasteiger partial charge in [-0.05, 0) is 74.2 Å². The number of nitrogens with one attached hydrogen (secondary N) is 1. The zero-order valence-electron chi connectivity index (χ0n) is 23.1. The number of hydrogen-bond donors (Lipinski definition) is 1. The number of amides is 2. The standard InChI is InChI=1S/C28H33F7N4O.2ClH/c1-37(23-14-20(27(30,31)32)13-21(15-23)28(33,34)35)26(40)38(2)25-9-12-39(16-18-7-10-36-11-8-18)17-24(25)19-3-5-22(29)6-4-19;;/h3-6,13-15,18,24-25,36H,7-12,16-17H2,1-2H3;2*1H/t24-,25+;;/m0../s1. The van der Waals surface area contributed by atoms with E-state index in [0.717, 1.165) is 50.0 Å². The molecular formula is C28H35Cl2F7N4O. The Morgan fingerprint density at radius 1 is 0.905 bits per heavy atom. The summed E-state index contributed by atoms with van der Waals surface area (Å²) in [5, 5.41) is 3.35. The minimum absolute atomic E-state index is 0. The van der Waals surface area contributed by atoms with Crippen molar-refractivity contribution in [3.05, 3.63) is 65.0 Å². The van der Waals surface area contributed by atoms with Gasteiger partial charge in [0, 0.05) is 51.4 Å². The number of anilines is 1. The first-order valence-corrected chi connectivity index (χ1v) is 13.2. The van der Waals surface area contributed by atoms with E-state index in [1.54, 1.807) is 12.1 Å². The highest BCUT2D eigenvalue weighted by Gasteiger charge is 2.39. The number of urea groups is 1. The molecule has 2 fully saturated rings. The predicted molar refractivity (Wildman–Crippen MR) is 152 cm³/mol. The van der Waals surface area contributed by atoms with Crippen LogP contribution in [0.4, 0.5) is 41.2 Å². The van der Waals surface area contributed by atoms with Gasteiger partial charge in [-0.3, -0.25) is 4.90 Å². The molecule has 2 aromatic rings. The third-order valence-electron chi connectivity index (χ3n) is 7.98. The van der Waals surface area contributed by atoms with Crippen molar-refractivity contribution in [3.63, 3.8) is 0 Å². The number of likely N-dealkylation sites (N-methyl/N-ethyl adjacent to an activating group) is 1. The molecule has 5 nitrogen and oxygen atoms in total. The lowest BCUT2D eigenvalue weighted by Gasteiger charge is -2.44. The summed E-state index contributed by atoms with van der Waals surface area (Å²) in [6.07, 6.45) is -7.40. The molecule has 1 N–H and O–H groups in total. The smallest absolute Gasteiger partial charge is 0.324 e. The van der Waals surface area contributed by atoms with Gasteiger partial charge in [0.15, 0.2) is 0 Å². The van der Waals surface area contributed by atoms with Gasteiger partial charge in [0.1, 0.15) is 5.82 Å². The molecule has 2 amide bonds. The Morgan fingerprint density at radius 2 is 1.45 bits per heavy atom. The molecule has 0 radical (unpaired) electrons. The fourth-order valence-electron chi connectivity index (χ4n) is 5.72. The second-order valence-corrected chi connectivity index (χ2v) is 10.7. The second-order valence-electron chi connectivity index (χ2n) is 10.7. The van der Waals surface area contributed by atoms with Crippen LogP contribution in [0.15, 0.2) is 42.5 Å². The number of hydrogen-bond acceptors (Lipinski definition) is 3. The SMILES string of the molecule is CN(C(=O)N(C)[C@@H]1CCN(CC2CCNCC2)C[C@H]1c1ccc(F)cc1)c1cc(C(F)(F)F)cc(C(F)(F)F)c1.Cl.Cl. The van der Waals surface area contributed by atoms with E-state index in [-0.39, 0.29) is 36.8 Å². The van der Waals surface area contributed by atoms with Crippen LogP contribution in [-0.4, -0.2) is 68.7 Å². The first kappa shape index (κ1) is 35.9. The lowest BCUT2D eigenvalue weighted by Crippen LogP contribution is -2.54. The number of benzene rings is 2. The Hall–Kier alpha value is -2.28. The van der Waals surface area contributed by atoms with E-state index < -0.39 is 47.1 Å². The van der Waals surface area contributed by atoms with Crippen LogP contribution in [0.1, 0.15) is 41.9 Å². The quantitative estimate of drug-likeness (QED) is 0.354. The maximum absolute atomic E-state index is 13.7. The highest BCUT2D eigenvalue weighted by atomic mass is 35.5. The van der Waals surface area contributed by atoms with E-state index in [0.29, 0.717) is 37.6 Å². The molecule has 236 valence electrons. The van der Waals surface area contributed by atoms with E-state index in [2.05, 4.69) is 10.2 Å². The maximum Gasteiger partial charge on any atom is 0.416 e. The zero-order valence-corrected chi connectivity index (χ0v) is 24.8. The molecule has 2 aliphatic heterocycles. The molecule has 14 heteroatoms. The fourth-order valence-corrected chi connectivity index (χ4v) is 5.72. The van der Waals surface area contributed by atoms with Crippen molar-refractivity contribution in [1.82, 2.24) is 15.1 Å². The minimum Gasteiger partial charge on any atom is -0.324 e. The Kier molecular flexibility index (Phi) is 12.4. The topological polar surface area (TPSA) is 38.8 Å². The van der Waals surface area contributed by atoms with Crippen molar-refractivity contribution >= 4 is 36.5 Å². The summed E-state index contributed by atoms with van der Waals surface area (Å²) in [5.74, 6) is -0.108. The molecule has 2 aliphatic rings. The van der Waals surface area contributed by atoms with Gasteiger partial charge < -0.3 is 15.1 Å². The average molecular weight is 648 g/mol. The molecule has 2 aromatic carbocycles. The molecule has 0 aliphatic carbocycles. The van der Waals surface area contributed by atoms with E-state index in [1.807, 2.05) is 0 Å². The van der Waals surface area contributed by atoms with Crippen molar-refractivity contribution in [3.8, 4) is 0 Å². The minimum atomic E-state index is -5.03. The maximum atomic E-state index is 13.7. The molecule has 0 spiro atoms. The largest absolute Gasteiger partial charge is 0.416 e. The lowest BCUT2D eigenvalue weighted by molar-refractivity contribution is -0.143. The number of carbonyl (C=O) groups is 1. The Bertz CT molecular complexity index is 1140. The van der Waals surface area contributed by atoms with Crippen molar-refractivity contribution in [1.29, 1.82) is 0 Å². The van der Waals surface area contributed by atoms with Gasteiger partial charge in [-0.25, -0.2) is 9.18 Å². The van der Waals surface area contributed by atoms with Crippen molar-refractivity contribution in [2.75, 3.05) is 51.7 Å². The Balaban J connectivity index is 0.00000308. The van der Waals surface area contributed by atoms with Gasteiger partial charge in [0.2, 0.25) is 0 Å². The number of nitrogens with zero attached hydrogens (tertiary/aromatic N) is 3. The summed E-state index contributed by atoms with van der Waals surface area (Å²) in [4.78, 5) is 18.0. The van der Waals surface area contributed by atoms with E-state index in [4.69, 9.17) is 0 Å². The van der Waals surface area contributed by atoms with Crippen LogP contribution >= 0.6 is 24.8 Å². The van der Waals surface area contributed by atoms with E-state index in [9.17, 15) is 35.5 Å². The van der Waals surface area contributed by atoms with Gasteiger partial charge in [-0.15, -0.1) is 24.8 Å². The highest BCUT2D eigenvalue weighted by molar-refractivity contribution is 5.92. The van der Waals surface area contributed by atoms with Crippen LogP contribution in [0.25, 0.3) is 0 Å². The average Bonchev–Trinajstić information content (AvgIpc) is 2.91. The number of rotatable bonds is 5. The Morgan fingerprint density at radius 3 is 1.98 bits per heavy atom. The molecule has 2 atom stereocenters. The first-order chi connectivity index (χ1) is 18.7. The number of piperidine rings is 2. The van der Waals surface area contributed by atoms with Crippen LogP contribution in [0, 0.1) is 11.7 Å². The van der Waals surface area contributed by atoms with Crippen LogP contribution in [0.5, 0.6) is 0 Å². The molecule has 4 rings (SSSR count). The summed E-state index contributed by atoms with van der Waals surface area (Å²) in [6.45, 7) is 4.06. The molecule has 2 heterocycles. The third kappa shape index (κ3) is 8.64. The number of alkyl halides is 6. The van der Waals surface area contributed by atoms with E-state index >= 15 is 0 Å². The van der Waals surface area contributed by atoms with Gasteiger partial charge >= 0.3 is 18.4 Å².